The molecule has 0 saturated carbocycles. The van der Waals surface area contributed by atoms with E-state index >= 15 is 0 Å². The van der Waals surface area contributed by atoms with Crippen LogP contribution in [0.3, 0.4) is 0 Å². The van der Waals surface area contributed by atoms with E-state index < -0.39 is 23.6 Å². The molecule has 1 heterocycles. The third-order valence-corrected chi connectivity index (χ3v) is 2.08. The molecule has 1 aliphatic heterocycles. The lowest BCUT2D eigenvalue weighted by Gasteiger charge is -2.34. The SMILES string of the molecule is OC[C@H]1O[CH][C@H](S)[C@@H](O)[C@@H]1O. The van der Waals surface area contributed by atoms with Gasteiger partial charge in [0.25, 0.3) is 0 Å². The van der Waals surface area contributed by atoms with Gasteiger partial charge in [-0.05, 0) is 0 Å². The molecular weight excluding hydrogens is 168 g/mol. The van der Waals surface area contributed by atoms with Gasteiger partial charge in [-0.25, -0.2) is 0 Å². The molecule has 0 unspecified atom stereocenters. The zero-order chi connectivity index (χ0) is 8.43. The molecule has 11 heavy (non-hydrogen) atoms. The van der Waals surface area contributed by atoms with Crippen LogP contribution in [0.5, 0.6) is 0 Å². The maximum atomic E-state index is 9.20. The van der Waals surface area contributed by atoms with Crippen molar-refractivity contribution in [2.45, 2.75) is 23.6 Å². The van der Waals surface area contributed by atoms with Crippen LogP contribution in [0.25, 0.3) is 0 Å². The molecule has 3 N–H and O–H groups in total. The molecule has 1 aliphatic rings. The predicted molar refractivity (Wildman–Crippen MR) is 41.0 cm³/mol. The Kier molecular flexibility index (Phi) is 3.15. The van der Waals surface area contributed by atoms with Crippen LogP contribution >= 0.6 is 12.6 Å². The molecule has 5 heteroatoms. The monoisotopic (exact) mass is 179 g/mol. The highest BCUT2D eigenvalue weighted by atomic mass is 32.1. The fourth-order valence-corrected chi connectivity index (χ4v) is 1.16. The van der Waals surface area contributed by atoms with Gasteiger partial charge in [0, 0.05) is 0 Å². The van der Waals surface area contributed by atoms with Gasteiger partial charge in [0.05, 0.1) is 24.6 Å². The van der Waals surface area contributed by atoms with E-state index in [0.717, 1.165) is 0 Å². The van der Waals surface area contributed by atoms with Gasteiger partial charge in [-0.3, -0.25) is 0 Å². The fraction of sp³-hybridized carbons (Fsp3) is 0.833. The summed E-state index contributed by atoms with van der Waals surface area (Å²) in [6.07, 6.45) is -2.76. The van der Waals surface area contributed by atoms with Crippen molar-refractivity contribution in [3.8, 4) is 0 Å². The molecule has 4 nitrogen and oxygen atoms in total. The zero-order valence-corrected chi connectivity index (χ0v) is 6.69. The number of hydrogen-bond donors (Lipinski definition) is 4. The lowest BCUT2D eigenvalue weighted by Crippen LogP contribution is -2.50. The molecule has 65 valence electrons. The van der Waals surface area contributed by atoms with Gasteiger partial charge in [0.15, 0.2) is 0 Å². The number of aliphatic hydroxyl groups excluding tert-OH is 3. The van der Waals surface area contributed by atoms with Crippen LogP contribution < -0.4 is 0 Å². The Balaban J connectivity index is 2.52. The summed E-state index contributed by atoms with van der Waals surface area (Å²) in [5.74, 6) is 0. The summed E-state index contributed by atoms with van der Waals surface area (Å²) in [6.45, 7) is 0.997. The van der Waals surface area contributed by atoms with Gasteiger partial charge in [0.2, 0.25) is 0 Å². The summed E-state index contributed by atoms with van der Waals surface area (Å²) in [5.41, 5.74) is 0. The first-order valence-electron chi connectivity index (χ1n) is 3.30. The van der Waals surface area contributed by atoms with Crippen molar-refractivity contribution in [2.24, 2.45) is 0 Å². The summed E-state index contributed by atoms with van der Waals surface area (Å²) in [6, 6.07) is 0. The minimum absolute atomic E-state index is 0.310. The van der Waals surface area contributed by atoms with Crippen LogP contribution in [-0.2, 0) is 4.74 Å². The van der Waals surface area contributed by atoms with E-state index in [1.165, 1.54) is 6.61 Å². The molecule has 4 atom stereocenters. The maximum absolute atomic E-state index is 9.20. The third kappa shape index (κ3) is 1.86. The molecule has 0 spiro atoms. The summed E-state index contributed by atoms with van der Waals surface area (Å²) in [7, 11) is 0. The normalized spacial score (nSPS) is 45.8. The molecule has 1 radical (unpaired) electrons. The van der Waals surface area contributed by atoms with Crippen LogP contribution in [0.15, 0.2) is 0 Å². The topological polar surface area (TPSA) is 69.9 Å². The smallest absolute Gasteiger partial charge is 0.109 e. The van der Waals surface area contributed by atoms with Gasteiger partial charge in [-0.1, -0.05) is 0 Å². The zero-order valence-electron chi connectivity index (χ0n) is 5.79. The van der Waals surface area contributed by atoms with E-state index in [9.17, 15) is 10.2 Å². The molecule has 1 rings (SSSR count). The summed E-state index contributed by atoms with van der Waals surface area (Å²) >= 11 is 3.92. The van der Waals surface area contributed by atoms with Gasteiger partial charge in [-0.2, -0.15) is 12.6 Å². The minimum Gasteiger partial charge on any atom is -0.394 e. The lowest BCUT2D eigenvalue weighted by molar-refractivity contribution is -0.121. The quantitative estimate of drug-likeness (QED) is 0.372. The number of hydrogen-bond acceptors (Lipinski definition) is 5. The standard InChI is InChI=1S/C6H11O4S/c7-1-3-5(8)6(9)4(11)2-10-3/h2-9,11H,1H2/t3-,4+,5-,6-/m1/s1. The first kappa shape index (κ1) is 9.28. The van der Waals surface area contributed by atoms with Crippen LogP contribution in [0.4, 0.5) is 0 Å². The molecule has 0 aliphatic carbocycles. The van der Waals surface area contributed by atoms with Crippen molar-refractivity contribution < 1.29 is 20.1 Å². The lowest BCUT2D eigenvalue weighted by atomic mass is 10.0. The van der Waals surface area contributed by atoms with Crippen LogP contribution in [0.2, 0.25) is 0 Å². The molecule has 0 bridgehead atoms. The number of thiol groups is 1. The van der Waals surface area contributed by atoms with Gasteiger partial charge < -0.3 is 20.1 Å². The van der Waals surface area contributed by atoms with Crippen molar-refractivity contribution >= 4 is 12.6 Å². The summed E-state index contributed by atoms with van der Waals surface area (Å²) in [4.78, 5) is 0. The van der Waals surface area contributed by atoms with E-state index in [1.807, 2.05) is 0 Å². The van der Waals surface area contributed by atoms with Gasteiger partial charge >= 0.3 is 0 Å². The molecule has 0 amide bonds. The van der Waals surface area contributed by atoms with E-state index in [-0.39, 0.29) is 6.61 Å². The van der Waals surface area contributed by atoms with E-state index in [2.05, 4.69) is 12.6 Å². The second kappa shape index (κ2) is 3.73. The van der Waals surface area contributed by atoms with Crippen LogP contribution in [0.1, 0.15) is 0 Å². The van der Waals surface area contributed by atoms with E-state index in [4.69, 9.17) is 9.84 Å². The van der Waals surface area contributed by atoms with Crippen molar-refractivity contribution in [3.05, 3.63) is 6.61 Å². The molecule has 0 aromatic carbocycles. The van der Waals surface area contributed by atoms with Crippen molar-refractivity contribution in [1.29, 1.82) is 0 Å². The second-order valence-electron chi connectivity index (χ2n) is 2.46. The molecule has 0 aromatic heterocycles. The summed E-state index contributed by atoms with van der Waals surface area (Å²) < 4.78 is 4.86. The molecule has 1 saturated heterocycles. The van der Waals surface area contributed by atoms with Crippen molar-refractivity contribution in [3.63, 3.8) is 0 Å². The van der Waals surface area contributed by atoms with Crippen LogP contribution in [0, 0.1) is 6.61 Å². The molecular formula is C6H11O4S. The molecule has 1 fully saturated rings. The Hall–Kier alpha value is 0.190. The Morgan fingerprint density at radius 3 is 2.55 bits per heavy atom. The first-order chi connectivity index (χ1) is 5.16. The first-order valence-corrected chi connectivity index (χ1v) is 3.82. The average Bonchev–Trinajstić information content (AvgIpc) is 2.01. The number of aliphatic hydroxyl groups is 3. The van der Waals surface area contributed by atoms with Gasteiger partial charge in [0.1, 0.15) is 12.2 Å². The van der Waals surface area contributed by atoms with Crippen LogP contribution in [-0.4, -0.2) is 45.5 Å². The van der Waals surface area contributed by atoms with Crippen molar-refractivity contribution in [1.82, 2.24) is 0 Å². The highest BCUT2D eigenvalue weighted by molar-refractivity contribution is 7.81. The predicted octanol–water partition coefficient (Wildman–Crippen LogP) is -1.44. The van der Waals surface area contributed by atoms with Crippen molar-refractivity contribution in [2.75, 3.05) is 6.61 Å². The largest absolute Gasteiger partial charge is 0.394 e. The Labute approximate surface area is 70.2 Å². The maximum Gasteiger partial charge on any atom is 0.109 e. The molecule has 0 aromatic rings. The third-order valence-electron chi connectivity index (χ3n) is 1.65. The highest BCUT2D eigenvalue weighted by Gasteiger charge is 2.36. The second-order valence-corrected chi connectivity index (χ2v) is 3.06. The Morgan fingerprint density at radius 1 is 1.36 bits per heavy atom. The van der Waals surface area contributed by atoms with Gasteiger partial charge in [-0.15, -0.1) is 0 Å². The number of ether oxygens (including phenoxy) is 1. The Bertz CT molecular complexity index is 130. The van der Waals surface area contributed by atoms with E-state index in [1.54, 1.807) is 0 Å². The fourth-order valence-electron chi connectivity index (χ4n) is 0.915. The number of rotatable bonds is 1. The summed E-state index contributed by atoms with van der Waals surface area (Å²) in [5, 5.41) is 26.5. The highest BCUT2D eigenvalue weighted by Crippen LogP contribution is 2.21. The average molecular weight is 179 g/mol. The Morgan fingerprint density at radius 2 is 2.00 bits per heavy atom. The van der Waals surface area contributed by atoms with E-state index in [0.29, 0.717) is 0 Å². The minimum atomic E-state index is -1.06.